The number of hydrogen-bond acceptors (Lipinski definition) is 2. The maximum absolute atomic E-state index is 11.5. The molecule has 0 bridgehead atoms. The molecule has 0 radical (unpaired) electrons. The SMILES string of the molecule is CC(C)(C)C(=O)OCc1cc(Cl)ccc1Cl. The van der Waals surface area contributed by atoms with Crippen molar-refractivity contribution in [2.45, 2.75) is 27.4 Å². The van der Waals surface area contributed by atoms with E-state index in [4.69, 9.17) is 27.9 Å². The van der Waals surface area contributed by atoms with Crippen LogP contribution in [-0.2, 0) is 16.1 Å². The van der Waals surface area contributed by atoms with Gasteiger partial charge in [0.05, 0.1) is 5.41 Å². The van der Waals surface area contributed by atoms with Crippen molar-refractivity contribution >= 4 is 29.2 Å². The summed E-state index contributed by atoms with van der Waals surface area (Å²) in [6.07, 6.45) is 0. The van der Waals surface area contributed by atoms with Crippen LogP contribution < -0.4 is 0 Å². The van der Waals surface area contributed by atoms with E-state index >= 15 is 0 Å². The predicted octanol–water partition coefficient (Wildman–Crippen LogP) is 4.08. The molecule has 1 aromatic rings. The lowest BCUT2D eigenvalue weighted by Gasteiger charge is -2.16. The smallest absolute Gasteiger partial charge is 0.311 e. The Morgan fingerprint density at radius 1 is 1.31 bits per heavy atom. The highest BCUT2D eigenvalue weighted by Crippen LogP contribution is 2.23. The first-order chi connectivity index (χ1) is 7.30. The second-order valence-corrected chi connectivity index (χ2v) is 5.41. The van der Waals surface area contributed by atoms with E-state index in [2.05, 4.69) is 0 Å². The quantitative estimate of drug-likeness (QED) is 0.749. The highest BCUT2D eigenvalue weighted by Gasteiger charge is 2.23. The van der Waals surface area contributed by atoms with Crippen LogP contribution in [0, 0.1) is 5.41 Å². The van der Waals surface area contributed by atoms with Gasteiger partial charge in [-0.15, -0.1) is 0 Å². The molecule has 0 saturated carbocycles. The summed E-state index contributed by atoms with van der Waals surface area (Å²) in [5, 5.41) is 1.12. The van der Waals surface area contributed by atoms with E-state index in [0.717, 1.165) is 0 Å². The van der Waals surface area contributed by atoms with E-state index in [-0.39, 0.29) is 12.6 Å². The number of esters is 1. The molecule has 0 aliphatic rings. The highest BCUT2D eigenvalue weighted by molar-refractivity contribution is 6.33. The first-order valence-electron chi connectivity index (χ1n) is 4.92. The molecule has 1 rings (SSSR count). The Morgan fingerprint density at radius 3 is 2.50 bits per heavy atom. The fraction of sp³-hybridized carbons (Fsp3) is 0.417. The van der Waals surface area contributed by atoms with Crippen LogP contribution >= 0.6 is 23.2 Å². The molecule has 0 aliphatic carbocycles. The third-order valence-electron chi connectivity index (χ3n) is 1.98. The Morgan fingerprint density at radius 2 is 1.94 bits per heavy atom. The molecular weight excluding hydrogens is 247 g/mol. The Balaban J connectivity index is 2.68. The van der Waals surface area contributed by atoms with E-state index in [0.29, 0.717) is 15.6 Å². The molecule has 88 valence electrons. The predicted molar refractivity (Wildman–Crippen MR) is 65.7 cm³/mol. The highest BCUT2D eigenvalue weighted by atomic mass is 35.5. The Bertz CT molecular complexity index is 394. The molecule has 0 fully saturated rings. The number of rotatable bonds is 2. The van der Waals surface area contributed by atoms with Gasteiger partial charge < -0.3 is 4.74 Å². The largest absolute Gasteiger partial charge is 0.460 e. The third-order valence-corrected chi connectivity index (χ3v) is 2.58. The number of carbonyl (C=O) groups excluding carboxylic acids is 1. The summed E-state index contributed by atoms with van der Waals surface area (Å²) in [5.41, 5.74) is 0.206. The summed E-state index contributed by atoms with van der Waals surface area (Å²) in [4.78, 5) is 11.5. The summed E-state index contributed by atoms with van der Waals surface area (Å²) in [6.45, 7) is 5.55. The maximum atomic E-state index is 11.5. The monoisotopic (exact) mass is 260 g/mol. The van der Waals surface area contributed by atoms with Gasteiger partial charge in [-0.2, -0.15) is 0 Å². The lowest BCUT2D eigenvalue weighted by atomic mass is 9.97. The maximum Gasteiger partial charge on any atom is 0.311 e. The summed E-state index contributed by atoms with van der Waals surface area (Å²) >= 11 is 11.8. The van der Waals surface area contributed by atoms with E-state index in [1.807, 2.05) is 0 Å². The first kappa shape index (κ1) is 13.3. The molecule has 16 heavy (non-hydrogen) atoms. The second-order valence-electron chi connectivity index (χ2n) is 4.56. The van der Waals surface area contributed by atoms with Crippen molar-refractivity contribution < 1.29 is 9.53 Å². The first-order valence-corrected chi connectivity index (χ1v) is 5.67. The number of ether oxygens (including phenoxy) is 1. The van der Waals surface area contributed by atoms with Crippen molar-refractivity contribution in [3.8, 4) is 0 Å². The van der Waals surface area contributed by atoms with Gasteiger partial charge in [-0.1, -0.05) is 23.2 Å². The molecule has 0 amide bonds. The average molecular weight is 261 g/mol. The summed E-state index contributed by atoms with van der Waals surface area (Å²) < 4.78 is 5.15. The summed E-state index contributed by atoms with van der Waals surface area (Å²) in [6, 6.07) is 5.07. The van der Waals surface area contributed by atoms with Crippen molar-refractivity contribution in [1.82, 2.24) is 0 Å². The van der Waals surface area contributed by atoms with E-state index in [1.54, 1.807) is 39.0 Å². The van der Waals surface area contributed by atoms with Gasteiger partial charge in [-0.05, 0) is 39.0 Å². The summed E-state index contributed by atoms with van der Waals surface area (Å²) in [5.74, 6) is -0.261. The van der Waals surface area contributed by atoms with Crippen LogP contribution in [-0.4, -0.2) is 5.97 Å². The van der Waals surface area contributed by atoms with Gasteiger partial charge in [0.1, 0.15) is 6.61 Å². The van der Waals surface area contributed by atoms with Crippen LogP contribution in [0.5, 0.6) is 0 Å². The standard InChI is InChI=1S/C12H14Cl2O2/c1-12(2,3)11(15)16-7-8-6-9(13)4-5-10(8)14/h4-6H,7H2,1-3H3. The molecule has 0 atom stereocenters. The molecule has 0 unspecified atom stereocenters. The molecule has 2 nitrogen and oxygen atoms in total. The minimum atomic E-state index is -0.509. The molecule has 4 heteroatoms. The number of carbonyl (C=O) groups is 1. The molecule has 0 spiro atoms. The van der Waals surface area contributed by atoms with Crippen molar-refractivity contribution in [1.29, 1.82) is 0 Å². The Labute approximate surface area is 106 Å². The van der Waals surface area contributed by atoms with Crippen LogP contribution in [0.3, 0.4) is 0 Å². The van der Waals surface area contributed by atoms with Crippen molar-refractivity contribution in [2.75, 3.05) is 0 Å². The number of halogens is 2. The average Bonchev–Trinajstić information content (AvgIpc) is 2.17. The zero-order valence-electron chi connectivity index (χ0n) is 9.51. The summed E-state index contributed by atoms with van der Waals surface area (Å²) in [7, 11) is 0. The van der Waals surface area contributed by atoms with Gasteiger partial charge in [0.2, 0.25) is 0 Å². The van der Waals surface area contributed by atoms with Crippen LogP contribution in [0.25, 0.3) is 0 Å². The molecule has 0 aromatic heterocycles. The van der Waals surface area contributed by atoms with E-state index in [9.17, 15) is 4.79 Å². The normalized spacial score (nSPS) is 11.3. The Hall–Kier alpha value is -0.730. The molecule has 0 saturated heterocycles. The van der Waals surface area contributed by atoms with Crippen LogP contribution in [0.15, 0.2) is 18.2 Å². The van der Waals surface area contributed by atoms with Gasteiger partial charge in [0.25, 0.3) is 0 Å². The minimum absolute atomic E-state index is 0.148. The van der Waals surface area contributed by atoms with E-state index in [1.165, 1.54) is 0 Å². The van der Waals surface area contributed by atoms with Gasteiger partial charge in [0.15, 0.2) is 0 Å². The topological polar surface area (TPSA) is 26.3 Å². The van der Waals surface area contributed by atoms with Crippen molar-refractivity contribution in [3.05, 3.63) is 33.8 Å². The zero-order chi connectivity index (χ0) is 12.3. The van der Waals surface area contributed by atoms with Crippen LogP contribution in [0.4, 0.5) is 0 Å². The zero-order valence-corrected chi connectivity index (χ0v) is 11.0. The van der Waals surface area contributed by atoms with Crippen molar-refractivity contribution in [2.24, 2.45) is 5.41 Å². The molecule has 0 aliphatic heterocycles. The Kier molecular flexibility index (Phi) is 4.22. The molecule has 1 aromatic carbocycles. The third kappa shape index (κ3) is 3.69. The lowest BCUT2D eigenvalue weighted by molar-refractivity contribution is -0.154. The fourth-order valence-corrected chi connectivity index (χ4v) is 1.38. The minimum Gasteiger partial charge on any atom is -0.460 e. The molecule has 0 heterocycles. The number of benzene rings is 1. The van der Waals surface area contributed by atoms with Crippen molar-refractivity contribution in [3.63, 3.8) is 0 Å². The van der Waals surface area contributed by atoms with Crippen LogP contribution in [0.2, 0.25) is 10.0 Å². The van der Waals surface area contributed by atoms with Gasteiger partial charge in [-0.3, -0.25) is 4.79 Å². The molecular formula is C12H14Cl2O2. The van der Waals surface area contributed by atoms with Gasteiger partial charge >= 0.3 is 5.97 Å². The number of hydrogen-bond donors (Lipinski definition) is 0. The fourth-order valence-electron chi connectivity index (χ4n) is 1.01. The van der Waals surface area contributed by atoms with Gasteiger partial charge in [-0.25, -0.2) is 0 Å². The van der Waals surface area contributed by atoms with Gasteiger partial charge in [0, 0.05) is 15.6 Å². The molecule has 0 N–H and O–H groups in total. The lowest BCUT2D eigenvalue weighted by Crippen LogP contribution is -2.22. The van der Waals surface area contributed by atoms with Crippen LogP contribution in [0.1, 0.15) is 26.3 Å². The second kappa shape index (κ2) is 5.07. The van der Waals surface area contributed by atoms with E-state index < -0.39 is 5.41 Å².